The molecule has 1 heterocycles. The van der Waals surface area contributed by atoms with E-state index < -0.39 is 11.9 Å². The number of alkyl halides is 1. The summed E-state index contributed by atoms with van der Waals surface area (Å²) in [7, 11) is 0. The molecule has 0 radical (unpaired) electrons. The Kier molecular flexibility index (Phi) is 6.39. The highest BCUT2D eigenvalue weighted by Crippen LogP contribution is 2.45. The quantitative estimate of drug-likeness (QED) is 0.652. The molecule has 7 heteroatoms. The minimum Gasteiger partial charge on any atom is -0.365 e. The molecule has 126 valence electrons. The van der Waals surface area contributed by atoms with Crippen LogP contribution in [0.15, 0.2) is 30.9 Å². The SMILES string of the molecule is CCCOC(CCC)(c1ccc(Cl)cc1Cl)C(F)n1cncn1. The van der Waals surface area contributed by atoms with E-state index in [1.807, 2.05) is 13.8 Å². The number of hydrogen-bond acceptors (Lipinski definition) is 3. The van der Waals surface area contributed by atoms with Crippen molar-refractivity contribution in [3.8, 4) is 0 Å². The predicted molar refractivity (Wildman–Crippen MR) is 89.5 cm³/mol. The summed E-state index contributed by atoms with van der Waals surface area (Å²) in [5.41, 5.74) is -0.665. The first-order valence-corrected chi connectivity index (χ1v) is 8.38. The Bertz CT molecular complexity index is 624. The fraction of sp³-hybridized carbons (Fsp3) is 0.500. The van der Waals surface area contributed by atoms with Crippen molar-refractivity contribution in [2.75, 3.05) is 6.61 Å². The molecule has 0 aliphatic carbocycles. The lowest BCUT2D eigenvalue weighted by Gasteiger charge is -2.37. The van der Waals surface area contributed by atoms with Crippen molar-refractivity contribution in [1.82, 2.24) is 14.8 Å². The lowest BCUT2D eigenvalue weighted by Crippen LogP contribution is -2.38. The second kappa shape index (κ2) is 8.08. The third-order valence-corrected chi connectivity index (χ3v) is 4.17. The standard InChI is InChI=1S/C16H20Cl2FN3O/c1-3-7-16(23-8-4-2,15(19)22-11-20-10-21-22)13-6-5-12(17)9-14(13)18/h5-6,9-11,15H,3-4,7-8H2,1-2H3. The van der Waals surface area contributed by atoms with E-state index in [4.69, 9.17) is 27.9 Å². The number of hydrogen-bond donors (Lipinski definition) is 0. The Labute approximate surface area is 145 Å². The van der Waals surface area contributed by atoms with Gasteiger partial charge < -0.3 is 4.74 Å². The topological polar surface area (TPSA) is 39.9 Å². The van der Waals surface area contributed by atoms with E-state index in [1.165, 1.54) is 12.7 Å². The number of nitrogens with zero attached hydrogens (tertiary/aromatic N) is 3. The van der Waals surface area contributed by atoms with Crippen LogP contribution in [0, 0.1) is 0 Å². The molecule has 0 spiro atoms. The minimum absolute atomic E-state index is 0.379. The maximum absolute atomic E-state index is 15.4. The molecule has 0 saturated carbocycles. The van der Waals surface area contributed by atoms with Crippen molar-refractivity contribution >= 4 is 23.2 Å². The highest BCUT2D eigenvalue weighted by molar-refractivity contribution is 6.35. The van der Waals surface area contributed by atoms with Gasteiger partial charge in [-0.3, -0.25) is 0 Å². The van der Waals surface area contributed by atoms with Crippen LogP contribution in [-0.2, 0) is 10.3 Å². The molecular formula is C16H20Cl2FN3O. The summed E-state index contributed by atoms with van der Waals surface area (Å²) in [6.45, 7) is 4.36. The van der Waals surface area contributed by atoms with E-state index in [0.29, 0.717) is 28.6 Å². The summed E-state index contributed by atoms with van der Waals surface area (Å²) in [6, 6.07) is 5.02. The molecular weight excluding hydrogens is 340 g/mol. The normalized spacial score (nSPS) is 15.3. The van der Waals surface area contributed by atoms with E-state index in [-0.39, 0.29) is 0 Å². The van der Waals surface area contributed by atoms with E-state index >= 15 is 4.39 Å². The number of ether oxygens (including phenoxy) is 1. The Morgan fingerprint density at radius 2 is 2.09 bits per heavy atom. The van der Waals surface area contributed by atoms with Gasteiger partial charge in [0.2, 0.25) is 6.30 Å². The molecule has 0 aliphatic rings. The first kappa shape index (κ1) is 18.2. The van der Waals surface area contributed by atoms with Gasteiger partial charge in [0.15, 0.2) is 0 Å². The van der Waals surface area contributed by atoms with Gasteiger partial charge in [-0.1, -0.05) is 49.5 Å². The van der Waals surface area contributed by atoms with Crippen LogP contribution in [0.1, 0.15) is 45.0 Å². The van der Waals surface area contributed by atoms with Gasteiger partial charge in [0.05, 0.1) is 0 Å². The van der Waals surface area contributed by atoms with Gasteiger partial charge in [0.25, 0.3) is 0 Å². The summed E-state index contributed by atoms with van der Waals surface area (Å²) in [6.07, 6.45) is 3.03. The van der Waals surface area contributed by atoms with Crippen LogP contribution in [0.4, 0.5) is 4.39 Å². The molecule has 0 N–H and O–H groups in total. The maximum Gasteiger partial charge on any atom is 0.226 e. The highest BCUT2D eigenvalue weighted by atomic mass is 35.5. The van der Waals surface area contributed by atoms with Crippen molar-refractivity contribution in [2.24, 2.45) is 0 Å². The highest BCUT2D eigenvalue weighted by Gasteiger charge is 2.44. The summed E-state index contributed by atoms with van der Waals surface area (Å²) >= 11 is 12.3. The number of rotatable bonds is 8. The van der Waals surface area contributed by atoms with Crippen molar-refractivity contribution < 1.29 is 9.13 Å². The first-order valence-electron chi connectivity index (χ1n) is 7.62. The molecule has 2 atom stereocenters. The number of aromatic nitrogens is 3. The third-order valence-electron chi connectivity index (χ3n) is 3.63. The van der Waals surface area contributed by atoms with Gasteiger partial charge in [0.1, 0.15) is 18.3 Å². The summed E-state index contributed by atoms with van der Waals surface area (Å²) in [5, 5.41) is 4.80. The molecule has 0 bridgehead atoms. The zero-order valence-corrected chi connectivity index (χ0v) is 14.7. The fourth-order valence-electron chi connectivity index (χ4n) is 2.64. The lowest BCUT2D eigenvalue weighted by molar-refractivity contribution is -0.138. The molecule has 1 aromatic carbocycles. The van der Waals surface area contributed by atoms with E-state index in [9.17, 15) is 0 Å². The molecule has 1 aromatic heterocycles. The largest absolute Gasteiger partial charge is 0.365 e. The van der Waals surface area contributed by atoms with Crippen molar-refractivity contribution in [2.45, 2.75) is 45.0 Å². The summed E-state index contributed by atoms with van der Waals surface area (Å²) in [5.74, 6) is 0. The van der Waals surface area contributed by atoms with Gasteiger partial charge in [-0.15, -0.1) is 0 Å². The zero-order chi connectivity index (χ0) is 16.9. The van der Waals surface area contributed by atoms with Gasteiger partial charge in [-0.05, 0) is 25.0 Å². The Hall–Kier alpha value is -1.17. The Balaban J connectivity index is 2.55. The van der Waals surface area contributed by atoms with Crippen molar-refractivity contribution in [1.29, 1.82) is 0 Å². The Morgan fingerprint density at radius 3 is 2.65 bits per heavy atom. The smallest absolute Gasteiger partial charge is 0.226 e. The molecule has 0 saturated heterocycles. The third kappa shape index (κ3) is 3.84. The van der Waals surface area contributed by atoms with Gasteiger partial charge in [0, 0.05) is 22.2 Å². The van der Waals surface area contributed by atoms with E-state index in [2.05, 4.69) is 10.1 Å². The fourth-order valence-corrected chi connectivity index (χ4v) is 3.21. The number of benzene rings is 1. The van der Waals surface area contributed by atoms with Gasteiger partial charge in [-0.25, -0.2) is 14.1 Å². The lowest BCUT2D eigenvalue weighted by atomic mass is 9.87. The summed E-state index contributed by atoms with van der Waals surface area (Å²) in [4.78, 5) is 3.83. The molecule has 0 amide bonds. The predicted octanol–water partition coefficient (Wildman–Crippen LogP) is 5.18. The second-order valence-corrected chi connectivity index (χ2v) is 6.17. The van der Waals surface area contributed by atoms with Crippen LogP contribution in [-0.4, -0.2) is 21.4 Å². The average molecular weight is 360 g/mol. The molecule has 0 fully saturated rings. The van der Waals surface area contributed by atoms with Crippen LogP contribution in [0.2, 0.25) is 10.0 Å². The van der Waals surface area contributed by atoms with E-state index in [0.717, 1.165) is 17.5 Å². The summed E-state index contributed by atoms with van der Waals surface area (Å²) < 4.78 is 22.6. The average Bonchev–Trinajstić information content (AvgIpc) is 3.05. The maximum atomic E-state index is 15.4. The van der Waals surface area contributed by atoms with Crippen LogP contribution in [0.5, 0.6) is 0 Å². The van der Waals surface area contributed by atoms with Crippen LogP contribution >= 0.6 is 23.2 Å². The molecule has 0 aliphatic heterocycles. The molecule has 2 rings (SSSR count). The van der Waals surface area contributed by atoms with Gasteiger partial charge >= 0.3 is 0 Å². The molecule has 2 unspecified atom stereocenters. The molecule has 23 heavy (non-hydrogen) atoms. The number of halogens is 3. The van der Waals surface area contributed by atoms with Crippen molar-refractivity contribution in [3.63, 3.8) is 0 Å². The molecule has 4 nitrogen and oxygen atoms in total. The second-order valence-electron chi connectivity index (χ2n) is 5.32. The van der Waals surface area contributed by atoms with Gasteiger partial charge in [-0.2, -0.15) is 5.10 Å². The van der Waals surface area contributed by atoms with Crippen LogP contribution in [0.3, 0.4) is 0 Å². The van der Waals surface area contributed by atoms with Crippen molar-refractivity contribution in [3.05, 3.63) is 46.5 Å². The van der Waals surface area contributed by atoms with Crippen LogP contribution in [0.25, 0.3) is 0 Å². The zero-order valence-electron chi connectivity index (χ0n) is 13.2. The minimum atomic E-state index is -1.55. The van der Waals surface area contributed by atoms with E-state index in [1.54, 1.807) is 18.2 Å². The van der Waals surface area contributed by atoms with Crippen LogP contribution < -0.4 is 0 Å². The molecule has 2 aromatic rings. The monoisotopic (exact) mass is 359 g/mol. The Morgan fingerprint density at radius 1 is 1.30 bits per heavy atom. The first-order chi connectivity index (χ1) is 11.0.